The van der Waals surface area contributed by atoms with E-state index in [0.29, 0.717) is 19.5 Å². The van der Waals surface area contributed by atoms with Gasteiger partial charge in [-0.25, -0.2) is 0 Å². The molecule has 40 heavy (non-hydrogen) atoms. The van der Waals surface area contributed by atoms with Gasteiger partial charge < -0.3 is 54.8 Å². The van der Waals surface area contributed by atoms with Crippen LogP contribution in [0.5, 0.6) is 11.5 Å². The molecule has 2 rings (SSSR count). The highest BCUT2D eigenvalue weighted by molar-refractivity contribution is 5.81. The second-order valence-corrected chi connectivity index (χ2v) is 9.07. The number of rotatable bonds is 15. The first-order valence-electron chi connectivity index (χ1n) is 13.3. The SMILES string of the molecule is NC(Cc1ccc(O)cc1)C(=O)O.NCCCCCN.NCCCCCNC(=O)C(N)Cc1ccc(O)cc1.O. The molecule has 16 N–H and O–H groups in total. The summed E-state index contributed by atoms with van der Waals surface area (Å²) in [5, 5.41) is 29.5. The van der Waals surface area contributed by atoms with Crippen molar-refractivity contribution in [2.24, 2.45) is 28.7 Å². The van der Waals surface area contributed by atoms with Gasteiger partial charge in [0.05, 0.1) is 6.04 Å². The highest BCUT2D eigenvalue weighted by atomic mass is 16.4. The van der Waals surface area contributed by atoms with Crippen LogP contribution < -0.4 is 34.0 Å². The Hall–Kier alpha value is -3.26. The fourth-order valence-corrected chi connectivity index (χ4v) is 3.21. The van der Waals surface area contributed by atoms with Crippen molar-refractivity contribution >= 4 is 11.9 Å². The molecule has 0 aromatic heterocycles. The number of aliphatic carboxylic acids is 1. The lowest BCUT2D eigenvalue weighted by Crippen LogP contribution is -2.42. The molecule has 0 saturated heterocycles. The molecule has 0 aliphatic carbocycles. The Morgan fingerprint density at radius 3 is 1.40 bits per heavy atom. The van der Waals surface area contributed by atoms with Crippen molar-refractivity contribution in [3.63, 3.8) is 0 Å². The number of phenols is 2. The first kappa shape index (κ1) is 38.9. The van der Waals surface area contributed by atoms with E-state index in [1.807, 2.05) is 0 Å². The van der Waals surface area contributed by atoms with Gasteiger partial charge in [-0.3, -0.25) is 9.59 Å². The van der Waals surface area contributed by atoms with E-state index in [0.717, 1.165) is 56.3 Å². The molecule has 0 aliphatic heterocycles. The number of unbranched alkanes of at least 4 members (excludes halogenated alkanes) is 4. The Labute approximate surface area is 237 Å². The lowest BCUT2D eigenvalue weighted by atomic mass is 10.1. The summed E-state index contributed by atoms with van der Waals surface area (Å²) < 4.78 is 0. The molecule has 0 aliphatic rings. The van der Waals surface area contributed by atoms with Crippen molar-refractivity contribution in [2.45, 2.75) is 63.5 Å². The Morgan fingerprint density at radius 1 is 0.650 bits per heavy atom. The van der Waals surface area contributed by atoms with Crippen LogP contribution in [0, 0.1) is 0 Å². The smallest absolute Gasteiger partial charge is 0.320 e. The monoisotopic (exact) mass is 566 g/mol. The fraction of sp³-hybridized carbons (Fsp3) is 0.500. The van der Waals surface area contributed by atoms with E-state index in [9.17, 15) is 9.59 Å². The van der Waals surface area contributed by atoms with E-state index in [1.165, 1.54) is 18.6 Å². The van der Waals surface area contributed by atoms with Gasteiger partial charge in [-0.15, -0.1) is 0 Å². The van der Waals surface area contributed by atoms with Crippen molar-refractivity contribution < 1.29 is 30.4 Å². The van der Waals surface area contributed by atoms with Gasteiger partial charge in [-0.1, -0.05) is 37.1 Å². The van der Waals surface area contributed by atoms with Gasteiger partial charge in [0, 0.05) is 6.54 Å². The minimum atomic E-state index is -1.02. The van der Waals surface area contributed by atoms with Gasteiger partial charge in [-0.05, 0) is 93.6 Å². The quantitative estimate of drug-likeness (QED) is 0.131. The Bertz CT molecular complexity index is 895. The third-order valence-electron chi connectivity index (χ3n) is 5.53. The molecule has 0 heterocycles. The molecule has 12 heteroatoms. The number of aromatic hydroxyl groups is 2. The Morgan fingerprint density at radius 2 is 1.02 bits per heavy atom. The van der Waals surface area contributed by atoms with Crippen LogP contribution in [0.4, 0.5) is 0 Å². The standard InChI is InChI=1S/C14H23N3O2.C9H11NO3.C5H14N2.H2O/c15-8-2-1-3-9-17-14(19)13(16)10-11-4-6-12(18)7-5-11;10-8(9(12)13)5-6-1-3-7(11)4-2-6;6-4-2-1-3-5-7;/h4-7,13,18H,1-3,8-10,15-16H2,(H,17,19);1-4,8,11H,5,10H2,(H,12,13);1-7H2;1H2. The van der Waals surface area contributed by atoms with E-state index >= 15 is 0 Å². The maximum Gasteiger partial charge on any atom is 0.320 e. The molecule has 0 bridgehead atoms. The van der Waals surface area contributed by atoms with Crippen molar-refractivity contribution in [3.8, 4) is 11.5 Å². The zero-order valence-corrected chi connectivity index (χ0v) is 23.3. The molecule has 2 atom stereocenters. The highest BCUT2D eigenvalue weighted by Crippen LogP contribution is 2.11. The summed E-state index contributed by atoms with van der Waals surface area (Å²) in [5.74, 6) is -0.789. The molecule has 0 fully saturated rings. The maximum absolute atomic E-state index is 11.7. The van der Waals surface area contributed by atoms with Crippen molar-refractivity contribution in [1.29, 1.82) is 0 Å². The molecular weight excluding hydrogens is 516 g/mol. The average Bonchev–Trinajstić information content (AvgIpc) is 2.92. The van der Waals surface area contributed by atoms with E-state index < -0.39 is 18.1 Å². The van der Waals surface area contributed by atoms with Gasteiger partial charge in [0.2, 0.25) is 5.91 Å². The normalized spacial score (nSPS) is 11.4. The van der Waals surface area contributed by atoms with E-state index in [4.69, 9.17) is 44.0 Å². The van der Waals surface area contributed by atoms with Gasteiger partial charge in [-0.2, -0.15) is 0 Å². The zero-order chi connectivity index (χ0) is 29.5. The Balaban J connectivity index is 0. The van der Waals surface area contributed by atoms with Crippen molar-refractivity contribution in [2.75, 3.05) is 26.2 Å². The number of carboxylic acid groups (broad SMARTS) is 1. The number of benzene rings is 2. The van der Waals surface area contributed by atoms with Gasteiger partial charge in [0.1, 0.15) is 17.5 Å². The third kappa shape index (κ3) is 20.7. The second kappa shape index (κ2) is 24.8. The first-order valence-corrected chi connectivity index (χ1v) is 13.3. The number of carboxylic acids is 1. The number of hydrogen-bond acceptors (Lipinski definition) is 9. The number of carbonyl (C=O) groups is 2. The van der Waals surface area contributed by atoms with Crippen LogP contribution in [0.15, 0.2) is 48.5 Å². The Kier molecular flexibility index (Phi) is 24.1. The van der Waals surface area contributed by atoms with Gasteiger partial charge in [0.25, 0.3) is 0 Å². The molecular formula is C28H50N6O6. The van der Waals surface area contributed by atoms with Crippen molar-refractivity contribution in [1.82, 2.24) is 5.32 Å². The largest absolute Gasteiger partial charge is 0.508 e. The number of amides is 1. The number of carbonyl (C=O) groups excluding carboxylic acids is 1. The fourth-order valence-electron chi connectivity index (χ4n) is 3.21. The van der Waals surface area contributed by atoms with Crippen LogP contribution >= 0.6 is 0 Å². The van der Waals surface area contributed by atoms with E-state index in [2.05, 4.69) is 5.32 Å². The van der Waals surface area contributed by atoms with Crippen LogP contribution in [0.25, 0.3) is 0 Å². The van der Waals surface area contributed by atoms with Crippen LogP contribution in [0.3, 0.4) is 0 Å². The first-order chi connectivity index (χ1) is 18.6. The topological polar surface area (TPSA) is 268 Å². The van der Waals surface area contributed by atoms with Crippen LogP contribution in [0.1, 0.15) is 49.7 Å². The average molecular weight is 567 g/mol. The summed E-state index contributed by atoms with van der Waals surface area (Å²) in [7, 11) is 0. The number of phenolic OH excluding ortho intramolecular Hbond substituents is 2. The third-order valence-corrected chi connectivity index (χ3v) is 5.53. The second-order valence-electron chi connectivity index (χ2n) is 9.07. The molecule has 2 unspecified atom stereocenters. The molecule has 12 nitrogen and oxygen atoms in total. The number of hydrogen-bond donors (Lipinski definition) is 9. The van der Waals surface area contributed by atoms with Crippen LogP contribution in [-0.2, 0) is 22.4 Å². The van der Waals surface area contributed by atoms with E-state index in [-0.39, 0.29) is 29.3 Å². The molecule has 0 spiro atoms. The maximum atomic E-state index is 11.7. The molecule has 0 saturated carbocycles. The lowest BCUT2D eigenvalue weighted by molar-refractivity contribution is -0.138. The lowest BCUT2D eigenvalue weighted by Gasteiger charge is -2.12. The predicted molar refractivity (Wildman–Crippen MR) is 159 cm³/mol. The van der Waals surface area contributed by atoms with Gasteiger partial charge >= 0.3 is 5.97 Å². The number of nitrogens with one attached hydrogen (secondary N) is 1. The van der Waals surface area contributed by atoms with Crippen molar-refractivity contribution in [3.05, 3.63) is 59.7 Å². The highest BCUT2D eigenvalue weighted by Gasteiger charge is 2.13. The van der Waals surface area contributed by atoms with Crippen LogP contribution in [0.2, 0.25) is 0 Å². The summed E-state index contributed by atoms with van der Waals surface area (Å²) in [5.41, 5.74) is 28.7. The summed E-state index contributed by atoms with van der Waals surface area (Å²) in [6.45, 7) is 2.94. The molecule has 2 aromatic rings. The minimum Gasteiger partial charge on any atom is -0.508 e. The summed E-state index contributed by atoms with van der Waals surface area (Å²) in [6, 6.07) is 11.6. The molecule has 1 amide bonds. The molecule has 228 valence electrons. The zero-order valence-electron chi connectivity index (χ0n) is 23.3. The molecule has 2 aromatic carbocycles. The summed E-state index contributed by atoms with van der Waals surface area (Å²) in [6.07, 6.45) is 7.10. The minimum absolute atomic E-state index is 0. The summed E-state index contributed by atoms with van der Waals surface area (Å²) in [4.78, 5) is 22.1. The molecule has 0 radical (unpaired) electrons. The predicted octanol–water partition coefficient (Wildman–Crippen LogP) is 0.103. The van der Waals surface area contributed by atoms with Gasteiger partial charge in [0.15, 0.2) is 0 Å². The summed E-state index contributed by atoms with van der Waals surface area (Å²) >= 11 is 0. The number of nitrogens with two attached hydrogens (primary N) is 5. The van der Waals surface area contributed by atoms with E-state index in [1.54, 1.807) is 36.4 Å². The van der Waals surface area contributed by atoms with Crippen LogP contribution in [-0.4, -0.2) is 70.9 Å².